The van der Waals surface area contributed by atoms with Gasteiger partial charge in [0, 0.05) is 30.5 Å². The number of hydrogen-bond acceptors (Lipinski definition) is 7. The molecule has 0 bridgehead atoms. The molecule has 1 saturated heterocycles. The first-order valence-corrected chi connectivity index (χ1v) is 15.1. The van der Waals surface area contributed by atoms with Gasteiger partial charge in [-0.2, -0.15) is 9.61 Å². The van der Waals surface area contributed by atoms with E-state index < -0.39 is 27.0 Å². The van der Waals surface area contributed by atoms with E-state index in [1.165, 1.54) is 28.5 Å². The molecule has 2 aromatic heterocycles. The summed E-state index contributed by atoms with van der Waals surface area (Å²) in [6, 6.07) is 14.8. The van der Waals surface area contributed by atoms with Gasteiger partial charge in [0.05, 0.1) is 11.4 Å². The molecule has 212 valence electrons. The lowest BCUT2D eigenvalue weighted by molar-refractivity contribution is 0.0713. The molecule has 2 aromatic carbocycles. The first-order chi connectivity index (χ1) is 19.7. The number of carbonyl (C=O) groups is 2. The van der Waals surface area contributed by atoms with Crippen molar-refractivity contribution < 1.29 is 22.4 Å². The average molecular weight is 577 g/mol. The third kappa shape index (κ3) is 5.26. The SMILES string of the molecule is Cc1c(F)cccc1Nc1c(C(=O)N2CCC(c3ccccc3)CC2)cnc2c(C(=O)NS(=O)(=O)C3CC3)cnn12. The largest absolute Gasteiger partial charge is 0.339 e. The maximum absolute atomic E-state index is 14.4. The van der Waals surface area contributed by atoms with Crippen molar-refractivity contribution in [3.05, 3.63) is 89.0 Å². The molecule has 1 aliphatic carbocycles. The minimum absolute atomic E-state index is 0.0593. The number of likely N-dealkylation sites (tertiary alicyclic amines) is 1. The van der Waals surface area contributed by atoms with Crippen LogP contribution in [0, 0.1) is 12.7 Å². The van der Waals surface area contributed by atoms with Gasteiger partial charge in [0.1, 0.15) is 22.8 Å². The number of hydrogen-bond donors (Lipinski definition) is 2. The number of anilines is 2. The van der Waals surface area contributed by atoms with Crippen LogP contribution in [-0.4, -0.2) is 58.1 Å². The Balaban J connectivity index is 1.34. The van der Waals surface area contributed by atoms with Crippen molar-refractivity contribution >= 4 is 39.0 Å². The van der Waals surface area contributed by atoms with Crippen molar-refractivity contribution in [3.63, 3.8) is 0 Å². The summed E-state index contributed by atoms with van der Waals surface area (Å²) in [4.78, 5) is 32.9. The lowest BCUT2D eigenvalue weighted by Crippen LogP contribution is -2.38. The minimum atomic E-state index is -3.79. The number of piperidine rings is 1. The zero-order valence-electron chi connectivity index (χ0n) is 22.4. The molecule has 41 heavy (non-hydrogen) atoms. The van der Waals surface area contributed by atoms with Crippen LogP contribution in [0.15, 0.2) is 60.9 Å². The predicted molar refractivity (Wildman–Crippen MR) is 151 cm³/mol. The van der Waals surface area contributed by atoms with Gasteiger partial charge >= 0.3 is 0 Å². The quantitative estimate of drug-likeness (QED) is 0.338. The summed E-state index contributed by atoms with van der Waals surface area (Å²) in [5.74, 6) is -1.01. The number of carbonyl (C=O) groups excluding carboxylic acids is 2. The van der Waals surface area contributed by atoms with Gasteiger partial charge in [-0.15, -0.1) is 0 Å². The highest BCUT2D eigenvalue weighted by Gasteiger charge is 2.37. The number of amides is 2. The molecule has 10 nitrogen and oxygen atoms in total. The topological polar surface area (TPSA) is 126 Å². The molecule has 0 radical (unpaired) electrons. The fourth-order valence-electron chi connectivity index (χ4n) is 5.20. The number of nitrogens with one attached hydrogen (secondary N) is 2. The van der Waals surface area contributed by atoms with E-state index in [9.17, 15) is 22.4 Å². The van der Waals surface area contributed by atoms with Crippen LogP contribution in [0.4, 0.5) is 15.9 Å². The molecule has 0 atom stereocenters. The van der Waals surface area contributed by atoms with Gasteiger partial charge in [-0.1, -0.05) is 36.4 Å². The number of sulfonamides is 1. The van der Waals surface area contributed by atoms with E-state index in [0.717, 1.165) is 12.8 Å². The molecule has 6 rings (SSSR count). The first-order valence-electron chi connectivity index (χ1n) is 13.5. The highest BCUT2D eigenvalue weighted by molar-refractivity contribution is 7.91. The maximum atomic E-state index is 14.4. The second-order valence-electron chi connectivity index (χ2n) is 10.5. The van der Waals surface area contributed by atoms with Crippen molar-refractivity contribution in [1.29, 1.82) is 0 Å². The fraction of sp³-hybridized carbons (Fsp3) is 0.310. The van der Waals surface area contributed by atoms with E-state index in [1.807, 2.05) is 18.2 Å². The zero-order chi connectivity index (χ0) is 28.7. The summed E-state index contributed by atoms with van der Waals surface area (Å²) >= 11 is 0. The Morgan fingerprint density at radius 1 is 0.951 bits per heavy atom. The van der Waals surface area contributed by atoms with E-state index in [2.05, 4.69) is 32.3 Å². The smallest absolute Gasteiger partial charge is 0.270 e. The summed E-state index contributed by atoms with van der Waals surface area (Å²) in [5.41, 5.74) is 2.19. The number of benzene rings is 2. The number of rotatable bonds is 7. The molecule has 1 saturated carbocycles. The van der Waals surface area contributed by atoms with Gasteiger partial charge < -0.3 is 10.2 Å². The van der Waals surface area contributed by atoms with Crippen molar-refractivity contribution in [3.8, 4) is 0 Å². The van der Waals surface area contributed by atoms with Gasteiger partial charge in [0.15, 0.2) is 5.65 Å². The number of fused-ring (bicyclic) bond motifs is 1. The van der Waals surface area contributed by atoms with E-state index in [4.69, 9.17) is 0 Å². The number of aromatic nitrogens is 3. The highest BCUT2D eigenvalue weighted by Crippen LogP contribution is 2.32. The van der Waals surface area contributed by atoms with Crippen LogP contribution in [0.3, 0.4) is 0 Å². The summed E-state index contributed by atoms with van der Waals surface area (Å²) in [6.45, 7) is 2.69. The number of halogens is 1. The number of nitrogens with zero attached hydrogens (tertiary/aromatic N) is 4. The summed E-state index contributed by atoms with van der Waals surface area (Å²) in [7, 11) is -3.79. The van der Waals surface area contributed by atoms with Crippen molar-refractivity contribution in [1.82, 2.24) is 24.2 Å². The standard InChI is InChI=1S/C29H29FN6O4S/c1-18-24(30)8-5-9-25(18)33-27-23(29(38)35-14-12-20(13-15-35)19-6-3-2-4-7-19)16-31-26-22(17-32-36(26)27)28(37)34-41(39,40)21-10-11-21/h2-9,16-17,20-21,33H,10-15H2,1H3,(H,34,37). The summed E-state index contributed by atoms with van der Waals surface area (Å²) in [6.07, 6.45) is 5.18. The Bertz CT molecular complexity index is 1750. The minimum Gasteiger partial charge on any atom is -0.339 e. The highest BCUT2D eigenvalue weighted by atomic mass is 32.2. The van der Waals surface area contributed by atoms with Crippen LogP contribution in [0.5, 0.6) is 0 Å². The van der Waals surface area contributed by atoms with Crippen LogP contribution in [0.2, 0.25) is 0 Å². The van der Waals surface area contributed by atoms with Crippen molar-refractivity contribution in [2.75, 3.05) is 18.4 Å². The second-order valence-corrected chi connectivity index (χ2v) is 12.5. The Morgan fingerprint density at radius 3 is 2.39 bits per heavy atom. The zero-order valence-corrected chi connectivity index (χ0v) is 23.2. The monoisotopic (exact) mass is 576 g/mol. The van der Waals surface area contributed by atoms with Gasteiger partial charge in [0.2, 0.25) is 10.0 Å². The Labute approximate surface area is 236 Å². The third-order valence-corrected chi connectivity index (χ3v) is 9.59. The van der Waals surface area contributed by atoms with E-state index >= 15 is 0 Å². The Kier molecular flexibility index (Phi) is 6.94. The van der Waals surface area contributed by atoms with Gasteiger partial charge in [0.25, 0.3) is 11.8 Å². The van der Waals surface area contributed by atoms with Crippen LogP contribution in [-0.2, 0) is 10.0 Å². The van der Waals surface area contributed by atoms with Crippen LogP contribution < -0.4 is 10.0 Å². The maximum Gasteiger partial charge on any atom is 0.270 e. The molecule has 12 heteroatoms. The molecule has 0 spiro atoms. The predicted octanol–water partition coefficient (Wildman–Crippen LogP) is 4.16. The molecular formula is C29H29FN6O4S. The molecule has 0 unspecified atom stereocenters. The van der Waals surface area contributed by atoms with E-state index in [-0.39, 0.29) is 28.5 Å². The molecule has 2 aliphatic rings. The van der Waals surface area contributed by atoms with Crippen LogP contribution in [0.1, 0.15) is 63.4 Å². The average Bonchev–Trinajstić information content (AvgIpc) is 3.76. The van der Waals surface area contributed by atoms with Crippen molar-refractivity contribution in [2.45, 2.75) is 43.8 Å². The Hall–Kier alpha value is -4.32. The summed E-state index contributed by atoms with van der Waals surface area (Å²) in [5, 5.41) is 6.84. The van der Waals surface area contributed by atoms with E-state index in [1.54, 1.807) is 24.0 Å². The molecular weight excluding hydrogens is 547 g/mol. The van der Waals surface area contributed by atoms with E-state index in [0.29, 0.717) is 43.1 Å². The molecule has 2 fully saturated rings. The molecule has 1 aliphatic heterocycles. The third-order valence-electron chi connectivity index (χ3n) is 7.77. The van der Waals surface area contributed by atoms with Gasteiger partial charge in [-0.3, -0.25) is 9.59 Å². The second kappa shape index (κ2) is 10.6. The lowest BCUT2D eigenvalue weighted by Gasteiger charge is -2.32. The fourth-order valence-corrected chi connectivity index (χ4v) is 6.49. The first kappa shape index (κ1) is 26.9. The van der Waals surface area contributed by atoms with Crippen molar-refractivity contribution in [2.24, 2.45) is 0 Å². The lowest BCUT2D eigenvalue weighted by atomic mass is 9.89. The van der Waals surface area contributed by atoms with Gasteiger partial charge in [-0.05, 0) is 56.2 Å². The van der Waals surface area contributed by atoms with Crippen LogP contribution in [0.25, 0.3) is 5.65 Å². The molecule has 2 amide bonds. The van der Waals surface area contributed by atoms with Gasteiger partial charge in [-0.25, -0.2) is 22.5 Å². The molecule has 4 aromatic rings. The normalized spacial score (nSPS) is 16.1. The van der Waals surface area contributed by atoms with Crippen LogP contribution >= 0.6 is 0 Å². The molecule has 3 heterocycles. The molecule has 2 N–H and O–H groups in total. The summed E-state index contributed by atoms with van der Waals surface area (Å²) < 4.78 is 42.5. The Morgan fingerprint density at radius 2 is 1.68 bits per heavy atom.